The molecule has 2 N–H and O–H groups in total. The van der Waals surface area contributed by atoms with Crippen LogP contribution in [0.5, 0.6) is 5.88 Å². The van der Waals surface area contributed by atoms with Gasteiger partial charge >= 0.3 is 0 Å². The Kier molecular flexibility index (Phi) is 9.22. The predicted octanol–water partition coefficient (Wildman–Crippen LogP) is 3.01. The highest BCUT2D eigenvalue weighted by atomic mass is 127. The van der Waals surface area contributed by atoms with E-state index in [0.717, 1.165) is 25.3 Å². The minimum Gasteiger partial charge on any atom is -0.475 e. The number of guanidine groups is 1. The first-order valence-electron chi connectivity index (χ1n) is 7.22. The van der Waals surface area contributed by atoms with E-state index >= 15 is 0 Å². The van der Waals surface area contributed by atoms with Gasteiger partial charge in [-0.2, -0.15) is 0 Å². The van der Waals surface area contributed by atoms with Crippen molar-refractivity contribution < 1.29 is 4.74 Å². The summed E-state index contributed by atoms with van der Waals surface area (Å²) in [4.78, 5) is 8.56. The third kappa shape index (κ3) is 6.39. The molecule has 1 aliphatic carbocycles. The van der Waals surface area contributed by atoms with Crippen LogP contribution in [0.25, 0.3) is 0 Å². The Hall–Kier alpha value is -1.02. The van der Waals surface area contributed by atoms with Crippen molar-refractivity contribution in [1.82, 2.24) is 15.6 Å². The number of aromatic nitrogens is 1. The van der Waals surface area contributed by atoms with Crippen molar-refractivity contribution in [2.24, 2.45) is 4.99 Å². The van der Waals surface area contributed by atoms with Crippen LogP contribution in [0.4, 0.5) is 0 Å². The Morgan fingerprint density at radius 2 is 2.23 bits per heavy atom. The molecule has 0 radical (unpaired) electrons. The van der Waals surface area contributed by atoms with Gasteiger partial charge in [0, 0.05) is 18.8 Å². The predicted molar refractivity (Wildman–Crippen MR) is 101 cm³/mol. The van der Waals surface area contributed by atoms with Crippen LogP contribution in [0.3, 0.4) is 0 Å². The topological polar surface area (TPSA) is 58.5 Å². The number of halogens is 2. The van der Waals surface area contributed by atoms with E-state index in [4.69, 9.17) is 16.3 Å². The second kappa shape index (κ2) is 10.7. The van der Waals surface area contributed by atoms with Crippen LogP contribution in [0.2, 0.25) is 5.02 Å². The molecule has 0 unspecified atom stereocenters. The molecule has 0 fully saturated rings. The van der Waals surface area contributed by atoms with Crippen LogP contribution in [0, 0.1) is 0 Å². The van der Waals surface area contributed by atoms with Crippen molar-refractivity contribution >= 4 is 41.5 Å². The van der Waals surface area contributed by atoms with Crippen LogP contribution < -0.4 is 15.4 Å². The van der Waals surface area contributed by atoms with Gasteiger partial charge in [-0.3, -0.25) is 0 Å². The van der Waals surface area contributed by atoms with Crippen LogP contribution in [-0.4, -0.2) is 36.7 Å². The molecule has 5 nitrogen and oxygen atoms in total. The van der Waals surface area contributed by atoms with Gasteiger partial charge in [-0.1, -0.05) is 23.8 Å². The maximum absolute atomic E-state index is 5.97. The Labute approximate surface area is 153 Å². The van der Waals surface area contributed by atoms with Gasteiger partial charge in [0.2, 0.25) is 5.88 Å². The highest BCUT2D eigenvalue weighted by Gasteiger charge is 2.11. The minimum atomic E-state index is 0. The number of nitrogens with zero attached hydrogens (tertiary/aromatic N) is 2. The van der Waals surface area contributed by atoms with Gasteiger partial charge in [0.1, 0.15) is 11.6 Å². The number of pyridine rings is 1. The lowest BCUT2D eigenvalue weighted by Gasteiger charge is -2.16. The zero-order chi connectivity index (χ0) is 14.9. The summed E-state index contributed by atoms with van der Waals surface area (Å²) in [5.74, 6) is 1.27. The number of aliphatic imine (C=N–C) groups is 1. The van der Waals surface area contributed by atoms with Crippen LogP contribution in [0.15, 0.2) is 35.5 Å². The molecule has 1 aromatic rings. The summed E-state index contributed by atoms with van der Waals surface area (Å²) < 4.78 is 5.52. The van der Waals surface area contributed by atoms with Gasteiger partial charge in [0.05, 0.1) is 6.54 Å². The first-order valence-corrected chi connectivity index (χ1v) is 7.60. The lowest BCUT2D eigenvalue weighted by atomic mass is 10.2. The van der Waals surface area contributed by atoms with Crippen molar-refractivity contribution in [1.29, 1.82) is 0 Å². The van der Waals surface area contributed by atoms with E-state index in [1.165, 1.54) is 0 Å². The maximum atomic E-state index is 5.97. The molecule has 7 heteroatoms. The summed E-state index contributed by atoms with van der Waals surface area (Å²) in [6, 6.07) is 3.97. The molecule has 0 atom stereocenters. The fourth-order valence-corrected chi connectivity index (χ4v) is 2.20. The summed E-state index contributed by atoms with van der Waals surface area (Å²) in [6.07, 6.45) is 8.12. The number of rotatable bonds is 6. The Morgan fingerprint density at radius 3 is 2.91 bits per heavy atom. The largest absolute Gasteiger partial charge is 0.475 e. The first-order chi connectivity index (χ1) is 10.3. The lowest BCUT2D eigenvalue weighted by molar-refractivity contribution is 0.316. The van der Waals surface area contributed by atoms with Gasteiger partial charge in [-0.25, -0.2) is 9.98 Å². The third-order valence-electron chi connectivity index (χ3n) is 3.02. The Bertz CT molecular complexity index is 502. The highest BCUT2D eigenvalue weighted by molar-refractivity contribution is 14.0. The third-order valence-corrected chi connectivity index (χ3v) is 3.31. The summed E-state index contributed by atoms with van der Waals surface area (Å²) in [7, 11) is 0. The summed E-state index contributed by atoms with van der Waals surface area (Å²) in [6.45, 7) is 3.87. The monoisotopic (exact) mass is 436 g/mol. The molecule has 1 aromatic heterocycles. The fraction of sp³-hybridized carbons (Fsp3) is 0.467. The zero-order valence-electron chi connectivity index (χ0n) is 12.6. The molecule has 2 rings (SSSR count). The highest BCUT2D eigenvalue weighted by Crippen LogP contribution is 2.19. The van der Waals surface area contributed by atoms with Gasteiger partial charge in [-0.05, 0) is 31.9 Å². The van der Waals surface area contributed by atoms with Crippen molar-refractivity contribution in [2.45, 2.75) is 25.8 Å². The molecule has 0 amide bonds. The Morgan fingerprint density at radius 1 is 1.45 bits per heavy atom. The van der Waals surface area contributed by atoms with E-state index in [1.54, 1.807) is 18.3 Å². The maximum Gasteiger partial charge on any atom is 0.232 e. The van der Waals surface area contributed by atoms with Gasteiger partial charge in [0.25, 0.3) is 0 Å². The van der Waals surface area contributed by atoms with E-state index in [-0.39, 0.29) is 24.0 Å². The zero-order valence-corrected chi connectivity index (χ0v) is 15.7. The van der Waals surface area contributed by atoms with Crippen LogP contribution >= 0.6 is 35.6 Å². The quantitative estimate of drug-likeness (QED) is 0.237. The van der Waals surface area contributed by atoms with Gasteiger partial charge in [-0.15, -0.1) is 24.0 Å². The number of hydrogen-bond donors (Lipinski definition) is 2. The number of ether oxygens (including phenoxy) is 1. The smallest absolute Gasteiger partial charge is 0.232 e. The van der Waals surface area contributed by atoms with E-state index in [2.05, 4.69) is 32.8 Å². The summed E-state index contributed by atoms with van der Waals surface area (Å²) in [5, 5.41) is 7.16. The number of hydrogen-bond acceptors (Lipinski definition) is 3. The van der Waals surface area contributed by atoms with Crippen molar-refractivity contribution in [3.63, 3.8) is 0 Å². The molecular formula is C15H22ClIN4O. The van der Waals surface area contributed by atoms with Gasteiger partial charge < -0.3 is 15.4 Å². The molecule has 22 heavy (non-hydrogen) atoms. The number of nitrogens with one attached hydrogen (secondary N) is 2. The van der Waals surface area contributed by atoms with E-state index in [0.29, 0.717) is 30.1 Å². The van der Waals surface area contributed by atoms with E-state index in [1.807, 2.05) is 6.92 Å². The molecule has 1 aliphatic rings. The molecule has 0 saturated heterocycles. The average Bonchev–Trinajstić information content (AvgIpc) is 2.98. The molecule has 0 aliphatic heterocycles. The molecule has 0 spiro atoms. The van der Waals surface area contributed by atoms with Crippen molar-refractivity contribution in [2.75, 3.05) is 19.7 Å². The fourth-order valence-electron chi connectivity index (χ4n) is 2.03. The molecular weight excluding hydrogens is 415 g/mol. The molecule has 0 aromatic carbocycles. The Balaban J connectivity index is 0.00000242. The minimum absolute atomic E-state index is 0. The van der Waals surface area contributed by atoms with E-state index < -0.39 is 0 Å². The molecule has 0 bridgehead atoms. The van der Waals surface area contributed by atoms with Crippen molar-refractivity contribution in [3.05, 3.63) is 35.5 Å². The SMILES string of the molecule is CCNC(=NCCOc1ncccc1Cl)NC1CC=CC1.I. The molecule has 1 heterocycles. The van der Waals surface area contributed by atoms with Crippen LogP contribution in [0.1, 0.15) is 19.8 Å². The summed E-state index contributed by atoms with van der Waals surface area (Å²) >= 11 is 5.97. The molecule has 122 valence electrons. The van der Waals surface area contributed by atoms with Crippen LogP contribution in [-0.2, 0) is 0 Å². The van der Waals surface area contributed by atoms with Crippen molar-refractivity contribution in [3.8, 4) is 5.88 Å². The first kappa shape index (κ1) is 19.0. The second-order valence-electron chi connectivity index (χ2n) is 4.68. The second-order valence-corrected chi connectivity index (χ2v) is 5.09. The lowest BCUT2D eigenvalue weighted by Crippen LogP contribution is -2.42. The average molecular weight is 437 g/mol. The standard InChI is InChI=1S/C15H21ClN4O.HI/c1-2-17-15(20-12-6-3-4-7-12)19-10-11-21-14-13(16)8-5-9-18-14;/h3-5,8-9,12H,2,6-7,10-11H2,1H3,(H2,17,19,20);1H. The van der Waals surface area contributed by atoms with Gasteiger partial charge in [0.15, 0.2) is 5.96 Å². The molecule has 0 saturated carbocycles. The van der Waals surface area contributed by atoms with E-state index in [9.17, 15) is 0 Å². The summed E-state index contributed by atoms with van der Waals surface area (Å²) in [5.41, 5.74) is 0. The normalized spacial score (nSPS) is 14.5.